The van der Waals surface area contributed by atoms with E-state index in [0.717, 1.165) is 25.5 Å². The fraction of sp³-hybridized carbons (Fsp3) is 0.625. The molecule has 4 heteroatoms. The van der Waals surface area contributed by atoms with Gasteiger partial charge in [0.15, 0.2) is 0 Å². The van der Waals surface area contributed by atoms with Crippen LogP contribution in [0.1, 0.15) is 50.6 Å². The normalized spacial score (nSPS) is 18.4. The predicted octanol–water partition coefficient (Wildman–Crippen LogP) is 3.62. The largest absolute Gasteiger partial charge is 0.329 e. The minimum Gasteiger partial charge on any atom is -0.329 e. The number of halogens is 2. The van der Waals surface area contributed by atoms with Gasteiger partial charge in [-0.05, 0) is 37.1 Å². The van der Waals surface area contributed by atoms with Crippen LogP contribution in [0.3, 0.4) is 0 Å². The van der Waals surface area contributed by atoms with Gasteiger partial charge in [0, 0.05) is 24.7 Å². The molecule has 2 nitrogen and oxygen atoms in total. The van der Waals surface area contributed by atoms with Crippen LogP contribution in [0, 0.1) is 11.6 Å². The lowest BCUT2D eigenvalue weighted by molar-refractivity contribution is 0.113. The zero-order chi connectivity index (χ0) is 14.5. The van der Waals surface area contributed by atoms with E-state index in [0.29, 0.717) is 18.2 Å². The Bertz CT molecular complexity index is 410. The Morgan fingerprint density at radius 1 is 1.15 bits per heavy atom. The molecule has 1 aliphatic rings. The second-order valence-electron chi connectivity index (χ2n) is 5.58. The number of rotatable bonds is 5. The highest BCUT2D eigenvalue weighted by atomic mass is 19.1. The highest BCUT2D eigenvalue weighted by Gasteiger charge is 2.27. The highest BCUT2D eigenvalue weighted by molar-refractivity contribution is 5.22. The topological polar surface area (TPSA) is 29.3 Å². The maximum Gasteiger partial charge on any atom is 0.126 e. The molecule has 0 radical (unpaired) electrons. The van der Waals surface area contributed by atoms with Crippen molar-refractivity contribution in [3.63, 3.8) is 0 Å². The maximum absolute atomic E-state index is 13.4. The molecular formula is C16H24F2N2. The van der Waals surface area contributed by atoms with Crippen molar-refractivity contribution in [2.75, 3.05) is 13.1 Å². The summed E-state index contributed by atoms with van der Waals surface area (Å²) < 4.78 is 26.9. The van der Waals surface area contributed by atoms with Crippen LogP contribution in [-0.4, -0.2) is 24.0 Å². The molecule has 20 heavy (non-hydrogen) atoms. The molecule has 0 spiro atoms. The summed E-state index contributed by atoms with van der Waals surface area (Å²) in [5, 5.41) is 0. The first kappa shape index (κ1) is 15.4. The smallest absolute Gasteiger partial charge is 0.126 e. The van der Waals surface area contributed by atoms with E-state index in [1.165, 1.54) is 31.4 Å². The van der Waals surface area contributed by atoms with E-state index in [-0.39, 0.29) is 6.04 Å². The van der Waals surface area contributed by atoms with Gasteiger partial charge in [-0.3, -0.25) is 4.90 Å². The molecule has 2 N–H and O–H groups in total. The molecular weight excluding hydrogens is 258 g/mol. The van der Waals surface area contributed by atoms with E-state index in [1.807, 2.05) is 0 Å². The fourth-order valence-corrected chi connectivity index (χ4v) is 3.38. The van der Waals surface area contributed by atoms with Crippen molar-refractivity contribution in [3.8, 4) is 0 Å². The van der Waals surface area contributed by atoms with Crippen LogP contribution in [0.2, 0.25) is 0 Å². The van der Waals surface area contributed by atoms with E-state index in [9.17, 15) is 8.78 Å². The van der Waals surface area contributed by atoms with Gasteiger partial charge in [0.05, 0.1) is 0 Å². The van der Waals surface area contributed by atoms with Gasteiger partial charge in [0.2, 0.25) is 0 Å². The molecule has 2 rings (SSSR count). The van der Waals surface area contributed by atoms with E-state index < -0.39 is 11.6 Å². The Kier molecular flexibility index (Phi) is 5.49. The number of hydrogen-bond donors (Lipinski definition) is 1. The SMILES string of the molecule is CCN(C1CCCCC1)C(CN)c1cc(F)cc(F)c1. The summed E-state index contributed by atoms with van der Waals surface area (Å²) in [5.74, 6) is -1.06. The van der Waals surface area contributed by atoms with Gasteiger partial charge >= 0.3 is 0 Å². The monoisotopic (exact) mass is 282 g/mol. The van der Waals surface area contributed by atoms with Crippen LogP contribution in [0.15, 0.2) is 18.2 Å². The summed E-state index contributed by atoms with van der Waals surface area (Å²) in [7, 11) is 0. The number of benzene rings is 1. The van der Waals surface area contributed by atoms with Gasteiger partial charge in [0.1, 0.15) is 11.6 Å². The zero-order valence-electron chi connectivity index (χ0n) is 12.1. The molecule has 1 fully saturated rings. The van der Waals surface area contributed by atoms with Crippen LogP contribution in [0.4, 0.5) is 8.78 Å². The minimum atomic E-state index is -0.529. The first-order valence-electron chi connectivity index (χ1n) is 7.57. The molecule has 1 aliphatic carbocycles. The fourth-order valence-electron chi connectivity index (χ4n) is 3.38. The third-order valence-corrected chi connectivity index (χ3v) is 4.30. The third kappa shape index (κ3) is 3.55. The molecule has 1 unspecified atom stereocenters. The molecule has 1 aromatic rings. The molecule has 1 saturated carbocycles. The summed E-state index contributed by atoms with van der Waals surface area (Å²) in [5.41, 5.74) is 6.55. The number of hydrogen-bond acceptors (Lipinski definition) is 2. The van der Waals surface area contributed by atoms with Gasteiger partial charge < -0.3 is 5.73 Å². The lowest BCUT2D eigenvalue weighted by atomic mass is 9.92. The molecule has 0 heterocycles. The molecule has 0 aromatic heterocycles. The van der Waals surface area contributed by atoms with Crippen LogP contribution >= 0.6 is 0 Å². The van der Waals surface area contributed by atoms with Crippen molar-refractivity contribution in [1.29, 1.82) is 0 Å². The lowest BCUT2D eigenvalue weighted by Gasteiger charge is -2.39. The molecule has 0 aliphatic heterocycles. The number of likely N-dealkylation sites (N-methyl/N-ethyl adjacent to an activating group) is 1. The Morgan fingerprint density at radius 2 is 1.75 bits per heavy atom. The first-order valence-corrected chi connectivity index (χ1v) is 7.57. The number of nitrogens with two attached hydrogens (primary N) is 1. The quantitative estimate of drug-likeness (QED) is 0.893. The summed E-state index contributed by atoms with van der Waals surface area (Å²) in [6.07, 6.45) is 6.06. The van der Waals surface area contributed by atoms with Crippen LogP contribution in [0.5, 0.6) is 0 Å². The average molecular weight is 282 g/mol. The second-order valence-corrected chi connectivity index (χ2v) is 5.58. The molecule has 0 saturated heterocycles. The van der Waals surface area contributed by atoms with Crippen molar-refractivity contribution in [2.45, 2.75) is 51.1 Å². The average Bonchev–Trinajstić information content (AvgIpc) is 2.44. The lowest BCUT2D eigenvalue weighted by Crippen LogP contribution is -2.42. The van der Waals surface area contributed by atoms with E-state index in [4.69, 9.17) is 5.73 Å². The molecule has 1 atom stereocenters. The number of nitrogens with zero attached hydrogens (tertiary/aromatic N) is 1. The molecule has 0 amide bonds. The van der Waals surface area contributed by atoms with Gasteiger partial charge in [-0.25, -0.2) is 8.78 Å². The Morgan fingerprint density at radius 3 is 2.25 bits per heavy atom. The summed E-state index contributed by atoms with van der Waals surface area (Å²) in [6.45, 7) is 3.32. The summed E-state index contributed by atoms with van der Waals surface area (Å²) >= 11 is 0. The Hall–Kier alpha value is -1.00. The van der Waals surface area contributed by atoms with E-state index in [2.05, 4.69) is 11.8 Å². The third-order valence-electron chi connectivity index (χ3n) is 4.30. The van der Waals surface area contributed by atoms with Crippen molar-refractivity contribution >= 4 is 0 Å². The van der Waals surface area contributed by atoms with Crippen molar-refractivity contribution < 1.29 is 8.78 Å². The predicted molar refractivity (Wildman–Crippen MR) is 77.4 cm³/mol. The van der Waals surface area contributed by atoms with Gasteiger partial charge in [-0.1, -0.05) is 26.2 Å². The summed E-state index contributed by atoms with van der Waals surface area (Å²) in [6, 6.07) is 4.11. The van der Waals surface area contributed by atoms with Gasteiger partial charge in [-0.2, -0.15) is 0 Å². The van der Waals surface area contributed by atoms with E-state index in [1.54, 1.807) is 0 Å². The second kappa shape index (κ2) is 7.14. The minimum absolute atomic E-state index is 0.103. The van der Waals surface area contributed by atoms with Crippen LogP contribution in [-0.2, 0) is 0 Å². The molecule has 1 aromatic carbocycles. The highest BCUT2D eigenvalue weighted by Crippen LogP contribution is 2.30. The molecule has 112 valence electrons. The Labute approximate surface area is 120 Å². The van der Waals surface area contributed by atoms with Gasteiger partial charge in [0.25, 0.3) is 0 Å². The van der Waals surface area contributed by atoms with E-state index >= 15 is 0 Å². The maximum atomic E-state index is 13.4. The van der Waals surface area contributed by atoms with Crippen LogP contribution in [0.25, 0.3) is 0 Å². The summed E-state index contributed by atoms with van der Waals surface area (Å²) in [4.78, 5) is 2.31. The molecule has 0 bridgehead atoms. The standard InChI is InChI=1S/C16H24F2N2/c1-2-20(15-6-4-3-5-7-15)16(11-19)12-8-13(17)10-14(18)9-12/h8-10,15-16H,2-7,11,19H2,1H3. The van der Waals surface area contributed by atoms with Crippen molar-refractivity contribution in [1.82, 2.24) is 4.90 Å². The van der Waals surface area contributed by atoms with Crippen LogP contribution < -0.4 is 5.73 Å². The zero-order valence-corrected chi connectivity index (χ0v) is 12.1. The first-order chi connectivity index (χ1) is 9.65. The Balaban J connectivity index is 2.23. The van der Waals surface area contributed by atoms with Crippen molar-refractivity contribution in [3.05, 3.63) is 35.4 Å². The van der Waals surface area contributed by atoms with Gasteiger partial charge in [-0.15, -0.1) is 0 Å². The van der Waals surface area contributed by atoms with Crippen molar-refractivity contribution in [2.24, 2.45) is 5.73 Å².